The molecular weight excluding hydrogens is 455 g/mol. The first kappa shape index (κ1) is 23.2. The smallest absolute Gasteiger partial charge is 0.358 e. The fourth-order valence-corrected chi connectivity index (χ4v) is 4.64. The maximum Gasteiger partial charge on any atom is 0.416 e. The van der Waals surface area contributed by atoms with E-state index in [4.69, 9.17) is 11.6 Å². The standard InChI is InChI=1S/C24H23ClF3N3O2/c1-29-22(32)14-31-13-19(18-7-6-16(25)12-21(18)31)23(33)30-10-8-15(9-11-30)17-4-2-3-5-20(17)24(26,27)28/h2-7,12-13,15H,8-11,14H2,1H3,(H,29,32). The summed E-state index contributed by atoms with van der Waals surface area (Å²) in [7, 11) is 1.54. The molecule has 5 nitrogen and oxygen atoms in total. The van der Waals surface area contributed by atoms with Crippen LogP contribution in [0.5, 0.6) is 0 Å². The van der Waals surface area contributed by atoms with Gasteiger partial charge in [0.2, 0.25) is 5.91 Å². The number of likely N-dealkylation sites (N-methyl/N-ethyl adjacent to an activating group) is 1. The zero-order chi connectivity index (χ0) is 23.8. The van der Waals surface area contributed by atoms with Crippen LogP contribution < -0.4 is 5.32 Å². The van der Waals surface area contributed by atoms with E-state index in [0.29, 0.717) is 47.4 Å². The Morgan fingerprint density at radius 3 is 2.48 bits per heavy atom. The van der Waals surface area contributed by atoms with E-state index in [0.717, 1.165) is 6.07 Å². The summed E-state index contributed by atoms with van der Waals surface area (Å²) in [6.45, 7) is 0.744. The van der Waals surface area contributed by atoms with Crippen molar-refractivity contribution in [1.29, 1.82) is 0 Å². The van der Waals surface area contributed by atoms with Gasteiger partial charge >= 0.3 is 6.18 Å². The molecule has 0 bridgehead atoms. The fourth-order valence-electron chi connectivity index (χ4n) is 4.48. The summed E-state index contributed by atoms with van der Waals surface area (Å²) in [6.07, 6.45) is -1.87. The third kappa shape index (κ3) is 4.71. The number of piperidine rings is 1. The molecule has 1 saturated heterocycles. The molecule has 0 atom stereocenters. The lowest BCUT2D eigenvalue weighted by atomic mass is 9.86. The lowest BCUT2D eigenvalue weighted by molar-refractivity contribution is -0.138. The third-order valence-corrected chi connectivity index (χ3v) is 6.39. The summed E-state index contributed by atoms with van der Waals surface area (Å²) in [4.78, 5) is 26.9. The minimum absolute atomic E-state index is 0.0386. The third-order valence-electron chi connectivity index (χ3n) is 6.16. The number of nitrogens with zero attached hydrogens (tertiary/aromatic N) is 2. The summed E-state index contributed by atoms with van der Waals surface area (Å²) in [6, 6.07) is 10.8. The fraction of sp³-hybridized carbons (Fsp3) is 0.333. The number of halogens is 4. The Morgan fingerprint density at radius 2 is 1.82 bits per heavy atom. The normalized spacial score (nSPS) is 15.1. The van der Waals surface area contributed by atoms with Crippen molar-refractivity contribution in [1.82, 2.24) is 14.8 Å². The van der Waals surface area contributed by atoms with Crippen LogP contribution in [0.3, 0.4) is 0 Å². The number of amides is 2. The summed E-state index contributed by atoms with van der Waals surface area (Å²) in [5, 5.41) is 3.73. The summed E-state index contributed by atoms with van der Waals surface area (Å²) < 4.78 is 41.9. The highest BCUT2D eigenvalue weighted by molar-refractivity contribution is 6.31. The minimum atomic E-state index is -4.41. The Bertz CT molecular complexity index is 1200. The predicted octanol–water partition coefficient (Wildman–Crippen LogP) is 5.08. The molecule has 1 fully saturated rings. The van der Waals surface area contributed by atoms with E-state index in [1.165, 1.54) is 19.2 Å². The molecular formula is C24H23ClF3N3O2. The van der Waals surface area contributed by atoms with Crippen molar-refractivity contribution >= 4 is 34.3 Å². The van der Waals surface area contributed by atoms with Gasteiger partial charge in [0.1, 0.15) is 6.54 Å². The van der Waals surface area contributed by atoms with Crippen molar-refractivity contribution < 1.29 is 22.8 Å². The van der Waals surface area contributed by atoms with Crippen LogP contribution in [0.15, 0.2) is 48.7 Å². The molecule has 0 spiro atoms. The largest absolute Gasteiger partial charge is 0.416 e. The van der Waals surface area contributed by atoms with E-state index in [-0.39, 0.29) is 29.8 Å². The van der Waals surface area contributed by atoms with Crippen LogP contribution in [-0.4, -0.2) is 41.4 Å². The van der Waals surface area contributed by atoms with E-state index in [1.807, 2.05) is 0 Å². The van der Waals surface area contributed by atoms with Gasteiger partial charge < -0.3 is 14.8 Å². The Hall–Kier alpha value is -3.00. The topological polar surface area (TPSA) is 54.3 Å². The van der Waals surface area contributed by atoms with Crippen LogP contribution in [0.25, 0.3) is 10.9 Å². The molecule has 1 N–H and O–H groups in total. The minimum Gasteiger partial charge on any atom is -0.358 e. The van der Waals surface area contributed by atoms with Gasteiger partial charge in [-0.25, -0.2) is 0 Å². The van der Waals surface area contributed by atoms with Crippen LogP contribution in [-0.2, 0) is 17.5 Å². The zero-order valence-corrected chi connectivity index (χ0v) is 18.7. The SMILES string of the molecule is CNC(=O)Cn1cc(C(=O)N2CCC(c3ccccc3C(F)(F)F)CC2)c2ccc(Cl)cc21. The first-order valence-electron chi connectivity index (χ1n) is 10.6. The second-order valence-electron chi connectivity index (χ2n) is 8.16. The highest BCUT2D eigenvalue weighted by Crippen LogP contribution is 2.39. The van der Waals surface area contributed by atoms with Crippen molar-refractivity contribution in [2.24, 2.45) is 0 Å². The number of hydrogen-bond donors (Lipinski definition) is 1. The maximum absolute atomic E-state index is 13.4. The highest BCUT2D eigenvalue weighted by atomic mass is 35.5. The first-order valence-corrected chi connectivity index (χ1v) is 11.0. The molecule has 0 saturated carbocycles. The number of alkyl halides is 3. The monoisotopic (exact) mass is 477 g/mol. The van der Waals surface area contributed by atoms with Crippen LogP contribution in [0.1, 0.15) is 40.2 Å². The van der Waals surface area contributed by atoms with Gasteiger partial charge in [-0.15, -0.1) is 0 Å². The first-order chi connectivity index (χ1) is 15.7. The molecule has 2 amide bonds. The van der Waals surface area contributed by atoms with Crippen LogP contribution in [0, 0.1) is 0 Å². The molecule has 2 aromatic carbocycles. The van der Waals surface area contributed by atoms with Crippen LogP contribution >= 0.6 is 11.6 Å². The van der Waals surface area contributed by atoms with Gasteiger partial charge in [-0.3, -0.25) is 9.59 Å². The van der Waals surface area contributed by atoms with Crippen LogP contribution in [0.4, 0.5) is 13.2 Å². The number of carbonyl (C=O) groups excluding carboxylic acids is 2. The number of nitrogens with one attached hydrogen (secondary N) is 1. The molecule has 0 unspecified atom stereocenters. The molecule has 0 aliphatic carbocycles. The van der Waals surface area contributed by atoms with E-state index in [9.17, 15) is 22.8 Å². The number of likely N-dealkylation sites (tertiary alicyclic amines) is 1. The molecule has 33 heavy (non-hydrogen) atoms. The molecule has 1 aliphatic heterocycles. The van der Waals surface area contributed by atoms with Gasteiger partial charge in [-0.1, -0.05) is 35.9 Å². The molecule has 3 aromatic rings. The van der Waals surface area contributed by atoms with Crippen molar-refractivity contribution in [3.8, 4) is 0 Å². The Kier molecular flexibility index (Phi) is 6.38. The predicted molar refractivity (Wildman–Crippen MR) is 120 cm³/mol. The number of hydrogen-bond acceptors (Lipinski definition) is 2. The van der Waals surface area contributed by atoms with Gasteiger partial charge in [-0.2, -0.15) is 13.2 Å². The molecule has 174 valence electrons. The molecule has 1 aromatic heterocycles. The maximum atomic E-state index is 13.4. The number of aromatic nitrogens is 1. The number of benzene rings is 2. The summed E-state index contributed by atoms with van der Waals surface area (Å²) in [5.74, 6) is -0.684. The second-order valence-corrected chi connectivity index (χ2v) is 8.59. The molecule has 4 rings (SSSR count). The summed E-state index contributed by atoms with van der Waals surface area (Å²) >= 11 is 6.13. The lowest BCUT2D eigenvalue weighted by Crippen LogP contribution is -2.38. The van der Waals surface area contributed by atoms with Crippen molar-refractivity contribution in [2.75, 3.05) is 20.1 Å². The van der Waals surface area contributed by atoms with Crippen molar-refractivity contribution in [3.63, 3.8) is 0 Å². The Balaban J connectivity index is 1.56. The second kappa shape index (κ2) is 9.09. The number of rotatable bonds is 4. The number of fused-ring (bicyclic) bond motifs is 1. The van der Waals surface area contributed by atoms with Gasteiger partial charge in [0.25, 0.3) is 5.91 Å². The van der Waals surface area contributed by atoms with Crippen molar-refractivity contribution in [2.45, 2.75) is 31.5 Å². The zero-order valence-electron chi connectivity index (χ0n) is 18.0. The van der Waals surface area contributed by atoms with E-state index in [2.05, 4.69) is 5.32 Å². The lowest BCUT2D eigenvalue weighted by Gasteiger charge is -2.33. The molecule has 9 heteroatoms. The quantitative estimate of drug-likeness (QED) is 0.570. The van der Waals surface area contributed by atoms with Crippen LogP contribution in [0.2, 0.25) is 5.02 Å². The van der Waals surface area contributed by atoms with Gasteiger partial charge in [0.05, 0.1) is 16.6 Å². The van der Waals surface area contributed by atoms with E-state index < -0.39 is 11.7 Å². The average molecular weight is 478 g/mol. The molecule has 1 aliphatic rings. The summed E-state index contributed by atoms with van der Waals surface area (Å²) in [5.41, 5.74) is 0.793. The van der Waals surface area contributed by atoms with E-state index in [1.54, 1.807) is 39.9 Å². The molecule has 0 radical (unpaired) electrons. The van der Waals surface area contributed by atoms with Gasteiger partial charge in [-0.05, 0) is 42.5 Å². The van der Waals surface area contributed by atoms with Gasteiger partial charge in [0, 0.05) is 36.7 Å². The van der Waals surface area contributed by atoms with E-state index >= 15 is 0 Å². The van der Waals surface area contributed by atoms with Gasteiger partial charge in [0.15, 0.2) is 0 Å². The Morgan fingerprint density at radius 1 is 1.12 bits per heavy atom. The number of carbonyl (C=O) groups is 2. The average Bonchev–Trinajstić information content (AvgIpc) is 3.15. The molecule has 2 heterocycles. The van der Waals surface area contributed by atoms with Crippen molar-refractivity contribution in [3.05, 3.63) is 70.4 Å². The Labute approximate surface area is 194 Å². The highest BCUT2D eigenvalue weighted by Gasteiger charge is 2.36.